The summed E-state index contributed by atoms with van der Waals surface area (Å²) < 4.78 is 28.1. The Balaban J connectivity index is 1.87. The van der Waals surface area contributed by atoms with Gasteiger partial charge < -0.3 is 20.3 Å². The third kappa shape index (κ3) is 5.83. The number of hydrogen-bond donors (Lipinski definition) is 3. The zero-order valence-electron chi connectivity index (χ0n) is 14.2. The highest BCUT2D eigenvalue weighted by Gasteiger charge is 2.21. The van der Waals surface area contributed by atoms with E-state index < -0.39 is 28.1 Å². The fourth-order valence-electron chi connectivity index (χ4n) is 2.22. The molecular formula is C18H21NO6S. The molecule has 3 N–H and O–H groups in total. The highest BCUT2D eigenvalue weighted by atomic mass is 32.2. The lowest BCUT2D eigenvalue weighted by Crippen LogP contribution is -2.35. The number of aliphatic hydroxyl groups excluding tert-OH is 2. The van der Waals surface area contributed by atoms with Crippen molar-refractivity contribution in [3.05, 3.63) is 65.7 Å². The summed E-state index contributed by atoms with van der Waals surface area (Å²) in [6, 6.07) is 14.8. The minimum absolute atomic E-state index is 0.0384. The molecule has 1 amide bonds. The van der Waals surface area contributed by atoms with Crippen LogP contribution in [0.2, 0.25) is 0 Å². The molecule has 0 heterocycles. The predicted molar refractivity (Wildman–Crippen MR) is 95.1 cm³/mol. The number of sulfone groups is 1. The minimum atomic E-state index is -3.43. The molecule has 2 aromatic rings. The van der Waals surface area contributed by atoms with E-state index in [0.717, 1.165) is 11.8 Å². The Morgan fingerprint density at radius 2 is 1.81 bits per heavy atom. The fraction of sp³-hybridized carbons (Fsp3) is 0.278. The van der Waals surface area contributed by atoms with Crippen LogP contribution >= 0.6 is 0 Å². The van der Waals surface area contributed by atoms with Crippen LogP contribution in [0.3, 0.4) is 0 Å². The average molecular weight is 379 g/mol. The van der Waals surface area contributed by atoms with Crippen LogP contribution < -0.4 is 5.32 Å². The molecule has 0 aliphatic heterocycles. The molecule has 7 nitrogen and oxygen atoms in total. The van der Waals surface area contributed by atoms with Crippen LogP contribution in [0.5, 0.6) is 0 Å². The van der Waals surface area contributed by atoms with E-state index in [-0.39, 0.29) is 23.6 Å². The van der Waals surface area contributed by atoms with Crippen LogP contribution in [0, 0.1) is 0 Å². The van der Waals surface area contributed by atoms with Crippen molar-refractivity contribution in [1.29, 1.82) is 0 Å². The molecule has 8 heteroatoms. The van der Waals surface area contributed by atoms with Crippen LogP contribution in [0.1, 0.15) is 17.2 Å². The average Bonchev–Trinajstić information content (AvgIpc) is 2.64. The van der Waals surface area contributed by atoms with Crippen LogP contribution in [0.4, 0.5) is 4.79 Å². The lowest BCUT2D eigenvalue weighted by Gasteiger charge is -2.19. The number of carbonyl (C=O) groups excluding carboxylic acids is 1. The van der Waals surface area contributed by atoms with Crippen molar-refractivity contribution in [3.63, 3.8) is 0 Å². The molecule has 0 saturated carbocycles. The predicted octanol–water partition coefficient (Wildman–Crippen LogP) is 1.41. The summed E-state index contributed by atoms with van der Waals surface area (Å²) >= 11 is 0. The first-order valence-electron chi connectivity index (χ1n) is 7.88. The van der Waals surface area contributed by atoms with E-state index in [1.54, 1.807) is 12.1 Å². The van der Waals surface area contributed by atoms with Gasteiger partial charge in [0.05, 0.1) is 4.90 Å². The van der Waals surface area contributed by atoms with Crippen LogP contribution in [-0.2, 0) is 21.2 Å². The molecule has 0 aliphatic carbocycles. The number of alkyl carbamates (subject to hydrolysis) is 1. The van der Waals surface area contributed by atoms with Crippen LogP contribution in [-0.4, -0.2) is 43.6 Å². The smallest absolute Gasteiger partial charge is 0.407 e. The molecule has 140 valence electrons. The summed E-state index contributed by atoms with van der Waals surface area (Å²) in [6.45, 7) is -0.167. The monoisotopic (exact) mass is 379 g/mol. The second-order valence-corrected chi connectivity index (χ2v) is 7.82. The minimum Gasteiger partial charge on any atom is -0.445 e. The van der Waals surface area contributed by atoms with Crippen LogP contribution in [0.15, 0.2) is 59.5 Å². The first-order chi connectivity index (χ1) is 12.3. The third-order valence-corrected chi connectivity index (χ3v) is 4.77. The second kappa shape index (κ2) is 8.79. The van der Waals surface area contributed by atoms with Crippen molar-refractivity contribution in [1.82, 2.24) is 5.32 Å². The highest BCUT2D eigenvalue weighted by Crippen LogP contribution is 2.20. The lowest BCUT2D eigenvalue weighted by molar-refractivity contribution is 0.0183. The summed E-state index contributed by atoms with van der Waals surface area (Å²) in [5.74, 6) is 0. The van der Waals surface area contributed by atoms with Gasteiger partial charge in [0.25, 0.3) is 0 Å². The number of hydrogen-bond acceptors (Lipinski definition) is 6. The molecular weight excluding hydrogens is 358 g/mol. The number of amides is 1. The van der Waals surface area contributed by atoms with Gasteiger partial charge in [-0.3, -0.25) is 0 Å². The Morgan fingerprint density at radius 1 is 1.12 bits per heavy atom. The van der Waals surface area contributed by atoms with Crippen molar-refractivity contribution < 1.29 is 28.2 Å². The molecule has 0 spiro atoms. The van der Waals surface area contributed by atoms with Crippen molar-refractivity contribution in [2.75, 3.05) is 12.8 Å². The summed E-state index contributed by atoms with van der Waals surface area (Å²) in [7, 11) is -3.43. The molecule has 0 saturated heterocycles. The van der Waals surface area contributed by atoms with Gasteiger partial charge in [-0.15, -0.1) is 0 Å². The molecule has 2 aromatic carbocycles. The van der Waals surface area contributed by atoms with Crippen molar-refractivity contribution in [3.8, 4) is 0 Å². The van der Waals surface area contributed by atoms with Gasteiger partial charge in [0.2, 0.25) is 0 Å². The van der Waals surface area contributed by atoms with Crippen molar-refractivity contribution in [2.45, 2.75) is 23.7 Å². The van der Waals surface area contributed by atoms with E-state index in [0.29, 0.717) is 0 Å². The first kappa shape index (κ1) is 19.9. The van der Waals surface area contributed by atoms with Gasteiger partial charge in [-0.1, -0.05) is 42.5 Å². The van der Waals surface area contributed by atoms with E-state index >= 15 is 0 Å². The maximum atomic E-state index is 11.7. The van der Waals surface area contributed by atoms with Gasteiger partial charge in [-0.05, 0) is 23.3 Å². The quantitative estimate of drug-likeness (QED) is 0.670. The molecule has 26 heavy (non-hydrogen) atoms. The number of carbonyl (C=O) groups is 1. The van der Waals surface area contributed by atoms with E-state index in [1.165, 1.54) is 24.3 Å². The zero-order valence-corrected chi connectivity index (χ0v) is 15.0. The topological polar surface area (TPSA) is 113 Å². The molecule has 0 aromatic heterocycles. The Morgan fingerprint density at radius 3 is 2.46 bits per heavy atom. The van der Waals surface area contributed by atoms with Gasteiger partial charge in [-0.25, -0.2) is 13.2 Å². The molecule has 2 rings (SSSR count). The normalized spacial score (nSPS) is 13.7. The van der Waals surface area contributed by atoms with Gasteiger partial charge >= 0.3 is 6.09 Å². The standard InChI is InChI=1S/C18H21NO6S/c1-26(23,24)15-9-5-8-14(10-15)17(21)16(20)11-19-18(22)25-12-13-6-3-2-4-7-13/h2-10,16-17,20-21H,11-12H2,1H3,(H,19,22). The van der Waals surface area contributed by atoms with Gasteiger partial charge in [-0.2, -0.15) is 0 Å². The second-order valence-electron chi connectivity index (χ2n) is 5.80. The first-order valence-corrected chi connectivity index (χ1v) is 9.77. The Bertz CT molecular complexity index is 838. The Kier molecular flexibility index (Phi) is 6.73. The van der Waals surface area contributed by atoms with Gasteiger partial charge in [0.15, 0.2) is 9.84 Å². The number of rotatable bonds is 7. The number of ether oxygens (including phenoxy) is 1. The summed E-state index contributed by atoms with van der Waals surface area (Å²) in [5, 5.41) is 22.6. The molecule has 0 radical (unpaired) electrons. The lowest BCUT2D eigenvalue weighted by atomic mass is 10.0. The van der Waals surface area contributed by atoms with Gasteiger partial charge in [0, 0.05) is 12.8 Å². The van der Waals surface area contributed by atoms with E-state index in [2.05, 4.69) is 5.32 Å². The molecule has 2 unspecified atom stereocenters. The molecule has 2 atom stereocenters. The number of benzene rings is 2. The van der Waals surface area contributed by atoms with Crippen molar-refractivity contribution >= 4 is 15.9 Å². The molecule has 0 aliphatic rings. The van der Waals surface area contributed by atoms with E-state index in [9.17, 15) is 23.4 Å². The van der Waals surface area contributed by atoms with Crippen LogP contribution in [0.25, 0.3) is 0 Å². The SMILES string of the molecule is CS(=O)(=O)c1cccc(C(O)C(O)CNC(=O)OCc2ccccc2)c1. The highest BCUT2D eigenvalue weighted by molar-refractivity contribution is 7.90. The van der Waals surface area contributed by atoms with Crippen molar-refractivity contribution in [2.24, 2.45) is 0 Å². The van der Waals surface area contributed by atoms with E-state index in [1.807, 2.05) is 18.2 Å². The summed E-state index contributed by atoms with van der Waals surface area (Å²) in [6.07, 6.45) is -2.36. The maximum absolute atomic E-state index is 11.7. The summed E-state index contributed by atoms with van der Waals surface area (Å²) in [4.78, 5) is 11.7. The third-order valence-electron chi connectivity index (χ3n) is 3.66. The molecule has 0 bridgehead atoms. The summed E-state index contributed by atoms with van der Waals surface area (Å²) in [5.41, 5.74) is 1.06. The fourth-order valence-corrected chi connectivity index (χ4v) is 2.90. The Labute approximate surface area is 152 Å². The number of nitrogens with one attached hydrogen (secondary N) is 1. The number of aliphatic hydroxyl groups is 2. The zero-order chi connectivity index (χ0) is 19.2. The van der Waals surface area contributed by atoms with Gasteiger partial charge in [0.1, 0.15) is 18.8 Å². The maximum Gasteiger partial charge on any atom is 0.407 e. The largest absolute Gasteiger partial charge is 0.445 e. The van der Waals surface area contributed by atoms with E-state index in [4.69, 9.17) is 4.74 Å². The Hall–Kier alpha value is -2.42. The molecule has 0 fully saturated rings.